The zero-order valence-corrected chi connectivity index (χ0v) is 26.2. The maximum absolute atomic E-state index is 13.3. The van der Waals surface area contributed by atoms with Crippen molar-refractivity contribution in [2.45, 2.75) is 50.7 Å². The van der Waals surface area contributed by atoms with E-state index in [2.05, 4.69) is 34.1 Å². The SMILES string of the molecule is C[C@@H](CC(=O)N1CCC(O)(Cn2cnc3cc(NC(=O)CCN4CCN(C)CC4)ccc3c2=O)CC1)c1ccccc1.S. The molecule has 1 atom stereocenters. The number of piperazine rings is 1. The molecule has 2 aliphatic heterocycles. The third kappa shape index (κ3) is 8.44. The van der Waals surface area contributed by atoms with Crippen LogP contribution in [0.2, 0.25) is 0 Å². The van der Waals surface area contributed by atoms with E-state index in [0.717, 1.165) is 38.3 Å². The number of amides is 2. The number of fused-ring (bicyclic) bond motifs is 1. The van der Waals surface area contributed by atoms with Crippen LogP contribution < -0.4 is 10.9 Å². The molecule has 232 valence electrons. The molecule has 2 amide bonds. The number of carbonyl (C=O) groups is 2. The summed E-state index contributed by atoms with van der Waals surface area (Å²) < 4.78 is 1.45. The average Bonchev–Trinajstić information content (AvgIpc) is 2.99. The molecule has 2 aliphatic rings. The minimum absolute atomic E-state index is 0. The first-order valence-electron chi connectivity index (χ1n) is 14.9. The molecule has 43 heavy (non-hydrogen) atoms. The molecule has 2 saturated heterocycles. The van der Waals surface area contributed by atoms with Crippen LogP contribution in [0.4, 0.5) is 5.69 Å². The highest BCUT2D eigenvalue weighted by atomic mass is 32.1. The molecule has 2 N–H and O–H groups in total. The van der Waals surface area contributed by atoms with Gasteiger partial charge in [-0.3, -0.25) is 19.0 Å². The molecule has 10 nitrogen and oxygen atoms in total. The lowest BCUT2D eigenvalue weighted by Gasteiger charge is -2.38. The molecule has 3 heterocycles. The van der Waals surface area contributed by atoms with Gasteiger partial charge in [0.15, 0.2) is 0 Å². The van der Waals surface area contributed by atoms with Crippen LogP contribution in [0.5, 0.6) is 0 Å². The Bertz CT molecular complexity index is 1450. The Morgan fingerprint density at radius 3 is 2.42 bits per heavy atom. The zero-order valence-electron chi connectivity index (χ0n) is 25.2. The largest absolute Gasteiger partial charge is 0.388 e. The van der Waals surface area contributed by atoms with Crippen LogP contribution in [0, 0.1) is 0 Å². The lowest BCUT2D eigenvalue weighted by molar-refractivity contribution is -0.136. The summed E-state index contributed by atoms with van der Waals surface area (Å²) in [4.78, 5) is 49.6. The van der Waals surface area contributed by atoms with E-state index < -0.39 is 5.60 Å². The number of aliphatic hydroxyl groups is 1. The van der Waals surface area contributed by atoms with E-state index >= 15 is 0 Å². The monoisotopic (exact) mass is 608 g/mol. The third-order valence-corrected chi connectivity index (χ3v) is 8.72. The number of nitrogens with one attached hydrogen (secondary N) is 1. The average molecular weight is 609 g/mol. The molecule has 5 rings (SSSR count). The zero-order chi connectivity index (χ0) is 29.7. The number of aromatic nitrogens is 2. The Kier molecular flexibility index (Phi) is 11.0. The van der Waals surface area contributed by atoms with Crippen LogP contribution in [0.15, 0.2) is 59.7 Å². The number of rotatable bonds is 9. The van der Waals surface area contributed by atoms with Gasteiger partial charge in [0.05, 0.1) is 29.4 Å². The molecule has 2 aromatic carbocycles. The van der Waals surface area contributed by atoms with Gasteiger partial charge in [-0.25, -0.2) is 4.98 Å². The number of likely N-dealkylation sites (N-methyl/N-ethyl adjacent to an activating group) is 1. The van der Waals surface area contributed by atoms with Gasteiger partial charge in [-0.05, 0) is 49.6 Å². The van der Waals surface area contributed by atoms with E-state index in [1.54, 1.807) is 18.2 Å². The second kappa shape index (κ2) is 14.5. The Morgan fingerprint density at radius 1 is 1.02 bits per heavy atom. The summed E-state index contributed by atoms with van der Waals surface area (Å²) in [7, 11) is 2.11. The summed E-state index contributed by atoms with van der Waals surface area (Å²) in [5, 5.41) is 14.7. The topological polar surface area (TPSA) is 111 Å². The number of carbonyl (C=O) groups excluding carboxylic acids is 2. The second-order valence-electron chi connectivity index (χ2n) is 12.0. The van der Waals surface area contributed by atoms with E-state index in [0.29, 0.717) is 55.4 Å². The van der Waals surface area contributed by atoms with Crippen molar-refractivity contribution in [3.63, 3.8) is 0 Å². The third-order valence-electron chi connectivity index (χ3n) is 8.72. The van der Waals surface area contributed by atoms with Crippen LogP contribution in [0.25, 0.3) is 10.9 Å². The molecule has 11 heteroatoms. The maximum Gasteiger partial charge on any atom is 0.261 e. The van der Waals surface area contributed by atoms with Gasteiger partial charge in [0.2, 0.25) is 11.8 Å². The van der Waals surface area contributed by atoms with Crippen molar-refractivity contribution in [1.82, 2.24) is 24.3 Å². The van der Waals surface area contributed by atoms with E-state index in [1.807, 2.05) is 35.2 Å². The van der Waals surface area contributed by atoms with Crippen LogP contribution in [-0.4, -0.2) is 99.6 Å². The summed E-state index contributed by atoms with van der Waals surface area (Å²) in [5.41, 5.74) is 0.897. The molecule has 1 aromatic heterocycles. The highest BCUT2D eigenvalue weighted by Gasteiger charge is 2.35. The summed E-state index contributed by atoms with van der Waals surface area (Å²) in [6.45, 7) is 7.75. The number of likely N-dealkylation sites (tertiary alicyclic amines) is 1. The van der Waals surface area contributed by atoms with Crippen LogP contribution >= 0.6 is 13.5 Å². The van der Waals surface area contributed by atoms with Crippen molar-refractivity contribution in [3.8, 4) is 0 Å². The lowest BCUT2D eigenvalue weighted by atomic mass is 9.90. The minimum atomic E-state index is -1.10. The molecule has 0 bridgehead atoms. The maximum atomic E-state index is 13.3. The standard InChI is InChI=1S/C32H42N6O4.H2S/c1-24(25-6-4-3-5-7-25)20-30(40)37-14-11-32(42,12-15-37)22-38-23-33-28-21-26(8-9-27(28)31(38)41)34-29(39)10-13-36-18-16-35(2)17-19-36;/h3-9,21,23-24,42H,10-20,22H2,1-2H3,(H,34,39);1H2/t24-;/m0./s1. The number of benzene rings is 2. The molecular formula is C32H44N6O4S. The minimum Gasteiger partial charge on any atom is -0.388 e. The fraction of sp³-hybridized carbons (Fsp3) is 0.500. The fourth-order valence-electron chi connectivity index (χ4n) is 5.84. The molecule has 0 radical (unpaired) electrons. The number of hydrogen-bond acceptors (Lipinski definition) is 7. The van der Waals surface area contributed by atoms with Gasteiger partial charge in [0.25, 0.3) is 5.56 Å². The first-order valence-corrected chi connectivity index (χ1v) is 14.9. The van der Waals surface area contributed by atoms with E-state index in [-0.39, 0.29) is 43.3 Å². The van der Waals surface area contributed by atoms with Crippen LogP contribution in [0.1, 0.15) is 44.1 Å². The summed E-state index contributed by atoms with van der Waals surface area (Å²) >= 11 is 0. The van der Waals surface area contributed by atoms with E-state index in [1.165, 1.54) is 10.9 Å². The molecule has 0 aliphatic carbocycles. The lowest BCUT2D eigenvalue weighted by Crippen LogP contribution is -2.49. The highest BCUT2D eigenvalue weighted by molar-refractivity contribution is 7.59. The molecule has 3 aromatic rings. The van der Waals surface area contributed by atoms with Crippen LogP contribution in [-0.2, 0) is 16.1 Å². The van der Waals surface area contributed by atoms with Gasteiger partial charge in [0.1, 0.15) is 0 Å². The number of piperidine rings is 1. The number of nitrogens with zero attached hydrogens (tertiary/aromatic N) is 5. The predicted molar refractivity (Wildman–Crippen MR) is 174 cm³/mol. The predicted octanol–water partition coefficient (Wildman–Crippen LogP) is 2.63. The van der Waals surface area contributed by atoms with Crippen molar-refractivity contribution in [1.29, 1.82) is 0 Å². The Balaban J connectivity index is 0.00000423. The Morgan fingerprint density at radius 2 is 1.72 bits per heavy atom. The van der Waals surface area contributed by atoms with Gasteiger partial charge in [-0.15, -0.1) is 0 Å². The first-order chi connectivity index (χ1) is 20.2. The van der Waals surface area contributed by atoms with Gasteiger partial charge < -0.3 is 25.1 Å². The van der Waals surface area contributed by atoms with Gasteiger partial charge in [0, 0.05) is 64.3 Å². The van der Waals surface area contributed by atoms with E-state index in [4.69, 9.17) is 0 Å². The van der Waals surface area contributed by atoms with Crippen molar-refractivity contribution in [3.05, 3.63) is 70.8 Å². The molecular weight excluding hydrogens is 564 g/mol. The number of hydrogen-bond donors (Lipinski definition) is 2. The van der Waals surface area contributed by atoms with Crippen molar-refractivity contribution in [2.75, 3.05) is 58.2 Å². The Labute approximate surface area is 260 Å². The summed E-state index contributed by atoms with van der Waals surface area (Å²) in [6.07, 6.45) is 3.07. The Hall–Kier alpha value is -3.25. The summed E-state index contributed by atoms with van der Waals surface area (Å²) in [5.74, 6) is 0.140. The van der Waals surface area contributed by atoms with Crippen molar-refractivity contribution in [2.24, 2.45) is 0 Å². The smallest absolute Gasteiger partial charge is 0.261 e. The molecule has 0 spiro atoms. The quantitative estimate of drug-likeness (QED) is 0.384. The van der Waals surface area contributed by atoms with Gasteiger partial charge in [-0.1, -0.05) is 37.3 Å². The molecule has 2 fully saturated rings. The van der Waals surface area contributed by atoms with Crippen molar-refractivity contribution < 1.29 is 14.7 Å². The van der Waals surface area contributed by atoms with Crippen molar-refractivity contribution >= 4 is 41.9 Å². The van der Waals surface area contributed by atoms with Gasteiger partial charge >= 0.3 is 0 Å². The summed E-state index contributed by atoms with van der Waals surface area (Å²) in [6, 6.07) is 15.1. The van der Waals surface area contributed by atoms with Crippen LogP contribution in [0.3, 0.4) is 0 Å². The highest BCUT2D eigenvalue weighted by Crippen LogP contribution is 2.27. The second-order valence-corrected chi connectivity index (χ2v) is 12.0. The van der Waals surface area contributed by atoms with E-state index in [9.17, 15) is 19.5 Å². The first kappa shape index (κ1) is 32.7. The van der Waals surface area contributed by atoms with Gasteiger partial charge in [-0.2, -0.15) is 13.5 Å². The normalized spacial score (nSPS) is 18.2. The molecule has 0 saturated carbocycles. The number of anilines is 1. The fourth-order valence-corrected chi connectivity index (χ4v) is 5.84. The molecule has 0 unspecified atom stereocenters.